The maximum Gasteiger partial charge on any atom is 0.316 e. The first-order valence-electron chi connectivity index (χ1n) is 8.95. The molecule has 0 aromatic carbocycles. The van der Waals surface area contributed by atoms with E-state index >= 15 is 0 Å². The smallest absolute Gasteiger partial charge is 0.316 e. The quantitative estimate of drug-likeness (QED) is 0.630. The van der Waals surface area contributed by atoms with Crippen LogP contribution in [0.1, 0.15) is 5.82 Å². The van der Waals surface area contributed by atoms with E-state index in [1.165, 1.54) is 0 Å². The van der Waals surface area contributed by atoms with Crippen LogP contribution in [-0.2, 0) is 4.79 Å². The third kappa shape index (κ3) is 3.90. The number of nitrogens with zero attached hydrogens (tertiary/aromatic N) is 8. The fraction of sp³-hybridized carbons (Fsp3) is 0.333. The molecule has 0 radical (unpaired) electrons. The summed E-state index contributed by atoms with van der Waals surface area (Å²) >= 11 is 0. The number of ether oxygens (including phenoxy) is 1. The Hall–Kier alpha value is -3.56. The summed E-state index contributed by atoms with van der Waals surface area (Å²) in [7, 11) is 0. The molecule has 28 heavy (non-hydrogen) atoms. The standard InChI is InChI=1S/C18H20N8O2/c1-14-19-5-6-26(14)16-11-15(22-13-23-16)24-7-9-25(10-8-24)17(27)12-28-18-20-3-2-4-21-18/h2-6,11,13H,7-10,12H2,1H3. The Kier molecular flexibility index (Phi) is 5.09. The van der Waals surface area contributed by atoms with Gasteiger partial charge in [0.15, 0.2) is 6.61 Å². The van der Waals surface area contributed by atoms with Crippen molar-refractivity contribution in [3.63, 3.8) is 0 Å². The third-order valence-electron chi connectivity index (χ3n) is 4.53. The number of hydrogen-bond acceptors (Lipinski definition) is 8. The first-order valence-corrected chi connectivity index (χ1v) is 8.95. The average molecular weight is 380 g/mol. The molecule has 4 rings (SSSR count). The van der Waals surface area contributed by atoms with E-state index in [4.69, 9.17) is 4.74 Å². The third-order valence-corrected chi connectivity index (χ3v) is 4.53. The normalized spacial score (nSPS) is 14.2. The SMILES string of the molecule is Cc1nccn1-c1cc(N2CCN(C(=O)COc3ncccn3)CC2)ncn1. The van der Waals surface area contributed by atoms with Gasteiger partial charge in [0.25, 0.3) is 5.91 Å². The molecule has 1 fully saturated rings. The monoisotopic (exact) mass is 380 g/mol. The summed E-state index contributed by atoms with van der Waals surface area (Å²) < 4.78 is 7.26. The summed E-state index contributed by atoms with van der Waals surface area (Å²) in [4.78, 5) is 37.1. The molecular weight excluding hydrogens is 360 g/mol. The predicted molar refractivity (Wildman–Crippen MR) is 100 cm³/mol. The molecule has 1 amide bonds. The van der Waals surface area contributed by atoms with Crippen molar-refractivity contribution in [2.75, 3.05) is 37.7 Å². The zero-order valence-electron chi connectivity index (χ0n) is 15.5. The molecule has 0 aliphatic carbocycles. The lowest BCUT2D eigenvalue weighted by Crippen LogP contribution is -2.50. The Morgan fingerprint density at radius 2 is 1.75 bits per heavy atom. The maximum absolute atomic E-state index is 12.4. The minimum Gasteiger partial charge on any atom is -0.453 e. The van der Waals surface area contributed by atoms with Gasteiger partial charge in [0.2, 0.25) is 0 Å². The van der Waals surface area contributed by atoms with Gasteiger partial charge in [-0.1, -0.05) is 0 Å². The summed E-state index contributed by atoms with van der Waals surface area (Å²) in [5.41, 5.74) is 0. The van der Waals surface area contributed by atoms with E-state index in [9.17, 15) is 4.79 Å². The van der Waals surface area contributed by atoms with Crippen molar-refractivity contribution in [2.24, 2.45) is 0 Å². The van der Waals surface area contributed by atoms with Crippen LogP contribution in [0.5, 0.6) is 6.01 Å². The molecular formula is C18H20N8O2. The topological polar surface area (TPSA) is 102 Å². The highest BCUT2D eigenvalue weighted by Crippen LogP contribution is 2.17. The number of amides is 1. The van der Waals surface area contributed by atoms with Crippen LogP contribution in [0.25, 0.3) is 5.82 Å². The second kappa shape index (κ2) is 7.99. The van der Waals surface area contributed by atoms with Gasteiger partial charge in [-0.25, -0.2) is 24.9 Å². The first kappa shape index (κ1) is 17.8. The summed E-state index contributed by atoms with van der Waals surface area (Å²) in [5, 5.41) is 0. The Morgan fingerprint density at radius 1 is 1.00 bits per heavy atom. The fourth-order valence-corrected chi connectivity index (χ4v) is 3.02. The van der Waals surface area contributed by atoms with Crippen LogP contribution in [-0.4, -0.2) is 73.1 Å². The van der Waals surface area contributed by atoms with Crippen molar-refractivity contribution in [3.8, 4) is 11.8 Å². The number of rotatable bonds is 5. The zero-order chi connectivity index (χ0) is 19.3. The molecule has 10 heteroatoms. The number of carbonyl (C=O) groups is 1. The molecule has 0 N–H and O–H groups in total. The summed E-state index contributed by atoms with van der Waals surface area (Å²) in [6, 6.07) is 3.83. The average Bonchev–Trinajstić information content (AvgIpc) is 3.19. The molecule has 0 unspecified atom stereocenters. The summed E-state index contributed by atoms with van der Waals surface area (Å²) in [6.45, 7) is 4.43. The Bertz CT molecular complexity index is 938. The lowest BCUT2D eigenvalue weighted by atomic mass is 10.3. The predicted octanol–water partition coefficient (Wildman–Crippen LogP) is 0.488. The largest absolute Gasteiger partial charge is 0.453 e. The molecule has 1 saturated heterocycles. The van der Waals surface area contributed by atoms with E-state index in [-0.39, 0.29) is 18.5 Å². The minimum absolute atomic E-state index is 0.0679. The van der Waals surface area contributed by atoms with Crippen LogP contribution in [0.2, 0.25) is 0 Å². The van der Waals surface area contributed by atoms with Crippen molar-refractivity contribution >= 4 is 11.7 Å². The lowest BCUT2D eigenvalue weighted by Gasteiger charge is -2.35. The van der Waals surface area contributed by atoms with E-state index in [1.54, 1.807) is 35.9 Å². The number of imidazole rings is 1. The van der Waals surface area contributed by atoms with Crippen LogP contribution >= 0.6 is 0 Å². The number of carbonyl (C=O) groups excluding carboxylic acids is 1. The van der Waals surface area contributed by atoms with Gasteiger partial charge >= 0.3 is 6.01 Å². The fourth-order valence-electron chi connectivity index (χ4n) is 3.02. The Morgan fingerprint density at radius 3 is 2.46 bits per heavy atom. The van der Waals surface area contributed by atoms with Crippen LogP contribution in [0.4, 0.5) is 5.82 Å². The van der Waals surface area contributed by atoms with Crippen molar-refractivity contribution in [2.45, 2.75) is 6.92 Å². The Labute approximate surface area is 161 Å². The highest BCUT2D eigenvalue weighted by molar-refractivity contribution is 5.78. The molecule has 0 bridgehead atoms. The summed E-state index contributed by atoms with van der Waals surface area (Å²) in [6.07, 6.45) is 8.31. The van der Waals surface area contributed by atoms with Crippen LogP contribution < -0.4 is 9.64 Å². The number of aryl methyl sites for hydroxylation is 1. The minimum atomic E-state index is -0.0791. The van der Waals surface area contributed by atoms with Gasteiger partial charge in [0.05, 0.1) is 0 Å². The van der Waals surface area contributed by atoms with Crippen molar-refractivity contribution in [1.82, 2.24) is 34.4 Å². The highest BCUT2D eigenvalue weighted by Gasteiger charge is 2.23. The van der Waals surface area contributed by atoms with Gasteiger partial charge in [-0.15, -0.1) is 0 Å². The van der Waals surface area contributed by atoms with Gasteiger partial charge in [0.1, 0.15) is 23.8 Å². The molecule has 0 atom stereocenters. The molecule has 10 nitrogen and oxygen atoms in total. The maximum atomic E-state index is 12.4. The van der Waals surface area contributed by atoms with E-state index in [0.29, 0.717) is 26.2 Å². The number of piperazine rings is 1. The van der Waals surface area contributed by atoms with Gasteiger partial charge in [-0.2, -0.15) is 0 Å². The molecule has 4 heterocycles. The van der Waals surface area contributed by atoms with Crippen LogP contribution in [0.15, 0.2) is 43.2 Å². The van der Waals surface area contributed by atoms with E-state index in [0.717, 1.165) is 17.5 Å². The van der Waals surface area contributed by atoms with Crippen molar-refractivity contribution in [3.05, 3.63) is 49.1 Å². The molecule has 144 valence electrons. The molecule has 3 aromatic heterocycles. The van der Waals surface area contributed by atoms with Gasteiger partial charge < -0.3 is 14.5 Å². The van der Waals surface area contributed by atoms with Gasteiger partial charge in [-0.3, -0.25) is 9.36 Å². The molecule has 0 spiro atoms. The highest BCUT2D eigenvalue weighted by atomic mass is 16.5. The van der Waals surface area contributed by atoms with E-state index in [1.807, 2.05) is 23.8 Å². The van der Waals surface area contributed by atoms with Crippen LogP contribution in [0, 0.1) is 6.92 Å². The van der Waals surface area contributed by atoms with Crippen LogP contribution in [0.3, 0.4) is 0 Å². The van der Waals surface area contributed by atoms with Gasteiger partial charge in [0, 0.05) is 57.0 Å². The van der Waals surface area contributed by atoms with Crippen molar-refractivity contribution in [1.29, 1.82) is 0 Å². The number of hydrogen-bond donors (Lipinski definition) is 0. The van der Waals surface area contributed by atoms with Gasteiger partial charge in [-0.05, 0) is 13.0 Å². The number of anilines is 1. The second-order valence-electron chi connectivity index (χ2n) is 6.27. The molecule has 1 aliphatic rings. The van der Waals surface area contributed by atoms with E-state index < -0.39 is 0 Å². The summed E-state index contributed by atoms with van der Waals surface area (Å²) in [5.74, 6) is 2.39. The molecule has 3 aromatic rings. The molecule has 1 aliphatic heterocycles. The zero-order valence-corrected chi connectivity index (χ0v) is 15.5. The van der Waals surface area contributed by atoms with Crippen molar-refractivity contribution < 1.29 is 9.53 Å². The second-order valence-corrected chi connectivity index (χ2v) is 6.27. The first-order chi connectivity index (χ1) is 13.7. The number of aromatic nitrogens is 6. The van der Waals surface area contributed by atoms with E-state index in [2.05, 4.69) is 29.8 Å². The lowest BCUT2D eigenvalue weighted by molar-refractivity contribution is -0.133. The Balaban J connectivity index is 1.34. The molecule has 0 saturated carbocycles.